The number of thiocarbonyl (C=S) groups is 1. The zero-order valence-electron chi connectivity index (χ0n) is 14.2. The number of benzene rings is 2. The van der Waals surface area contributed by atoms with Gasteiger partial charge in [0.25, 0.3) is 5.91 Å². The molecule has 0 saturated carbocycles. The number of carbonyl (C=O) groups excluding carboxylic acids is 1. The van der Waals surface area contributed by atoms with Crippen LogP contribution in [0.3, 0.4) is 0 Å². The number of rotatable bonds is 5. The largest absolute Gasteiger partial charge is 0.493 e. The Morgan fingerprint density at radius 1 is 1.08 bits per heavy atom. The third-order valence-electron chi connectivity index (χ3n) is 4.04. The van der Waals surface area contributed by atoms with Gasteiger partial charge in [-0.25, -0.2) is 8.78 Å². The molecule has 26 heavy (non-hydrogen) atoms. The minimum absolute atomic E-state index is 0.00396. The van der Waals surface area contributed by atoms with E-state index in [2.05, 4.69) is 0 Å². The van der Waals surface area contributed by atoms with E-state index in [1.165, 1.54) is 31.3 Å². The van der Waals surface area contributed by atoms with Crippen LogP contribution in [0.25, 0.3) is 0 Å². The Balaban J connectivity index is 1.85. The maximum atomic E-state index is 13.9. The lowest BCUT2D eigenvalue weighted by molar-refractivity contribution is -0.116. The van der Waals surface area contributed by atoms with Gasteiger partial charge in [0.2, 0.25) is 0 Å². The molecule has 0 bridgehead atoms. The van der Waals surface area contributed by atoms with E-state index in [0.717, 1.165) is 6.07 Å². The van der Waals surface area contributed by atoms with Gasteiger partial charge in [0, 0.05) is 24.2 Å². The molecule has 1 aliphatic heterocycles. The molecule has 1 fully saturated rings. The SMILES string of the molecule is COc1ccc(N2C(=O)CN(Cc3ccc(F)cc3F)C2=S)cc1OC. The van der Waals surface area contributed by atoms with Gasteiger partial charge in [-0.05, 0) is 30.4 Å². The van der Waals surface area contributed by atoms with E-state index in [1.807, 2.05) is 0 Å². The van der Waals surface area contributed by atoms with E-state index >= 15 is 0 Å². The molecule has 1 aliphatic rings. The average Bonchev–Trinajstić information content (AvgIpc) is 2.90. The van der Waals surface area contributed by atoms with Crippen molar-refractivity contribution in [2.24, 2.45) is 0 Å². The predicted molar refractivity (Wildman–Crippen MR) is 96.4 cm³/mol. The molecule has 0 N–H and O–H groups in total. The predicted octanol–water partition coefficient (Wildman–Crippen LogP) is 3.12. The molecule has 2 aromatic carbocycles. The Morgan fingerprint density at radius 2 is 1.81 bits per heavy atom. The van der Waals surface area contributed by atoms with Crippen molar-refractivity contribution < 1.29 is 23.0 Å². The summed E-state index contributed by atoms with van der Waals surface area (Å²) in [5, 5.41) is 0.242. The topological polar surface area (TPSA) is 42.0 Å². The van der Waals surface area contributed by atoms with E-state index in [9.17, 15) is 13.6 Å². The molecule has 0 radical (unpaired) electrons. The summed E-state index contributed by atoms with van der Waals surface area (Å²) in [7, 11) is 3.01. The second-order valence-electron chi connectivity index (χ2n) is 5.64. The number of anilines is 1. The molecule has 0 atom stereocenters. The van der Waals surface area contributed by atoms with Crippen LogP contribution in [0.2, 0.25) is 0 Å². The van der Waals surface area contributed by atoms with Gasteiger partial charge in [0.15, 0.2) is 16.6 Å². The van der Waals surface area contributed by atoms with E-state index in [-0.39, 0.29) is 29.7 Å². The van der Waals surface area contributed by atoms with Crippen molar-refractivity contribution in [1.29, 1.82) is 0 Å². The van der Waals surface area contributed by atoms with Crippen molar-refractivity contribution in [3.8, 4) is 11.5 Å². The molecule has 1 saturated heterocycles. The Labute approximate surface area is 154 Å². The number of ether oxygens (including phenoxy) is 2. The summed E-state index contributed by atoms with van der Waals surface area (Å²) in [5.41, 5.74) is 0.787. The minimum atomic E-state index is -0.676. The smallest absolute Gasteiger partial charge is 0.252 e. The normalized spacial score (nSPS) is 14.2. The fourth-order valence-corrected chi connectivity index (χ4v) is 3.08. The Kier molecular flexibility index (Phi) is 5.03. The number of halogens is 2. The van der Waals surface area contributed by atoms with E-state index in [0.29, 0.717) is 17.2 Å². The van der Waals surface area contributed by atoms with Crippen molar-refractivity contribution in [3.05, 3.63) is 53.6 Å². The molecule has 5 nitrogen and oxygen atoms in total. The number of nitrogens with zero attached hydrogens (tertiary/aromatic N) is 2. The first-order valence-electron chi connectivity index (χ1n) is 7.72. The molecule has 1 amide bonds. The van der Waals surface area contributed by atoms with Crippen LogP contribution in [0.4, 0.5) is 14.5 Å². The molecule has 2 aromatic rings. The van der Waals surface area contributed by atoms with Gasteiger partial charge in [-0.15, -0.1) is 0 Å². The zero-order chi connectivity index (χ0) is 18.8. The molecular weight excluding hydrogens is 362 g/mol. The molecule has 136 valence electrons. The van der Waals surface area contributed by atoms with Gasteiger partial charge in [0.05, 0.1) is 19.9 Å². The van der Waals surface area contributed by atoms with E-state index < -0.39 is 11.6 Å². The fourth-order valence-electron chi connectivity index (χ4n) is 2.75. The summed E-state index contributed by atoms with van der Waals surface area (Å²) in [6, 6.07) is 8.33. The molecule has 0 aliphatic carbocycles. The highest BCUT2D eigenvalue weighted by Crippen LogP contribution is 2.33. The fraction of sp³-hybridized carbons (Fsp3) is 0.222. The highest BCUT2D eigenvalue weighted by molar-refractivity contribution is 7.80. The first kappa shape index (κ1) is 18.1. The quantitative estimate of drug-likeness (QED) is 0.748. The van der Waals surface area contributed by atoms with Crippen molar-refractivity contribution in [1.82, 2.24) is 4.90 Å². The Morgan fingerprint density at radius 3 is 2.46 bits per heavy atom. The molecular formula is C18H16F2N2O3S. The van der Waals surface area contributed by atoms with Crippen LogP contribution in [0, 0.1) is 11.6 Å². The van der Waals surface area contributed by atoms with Crippen LogP contribution in [0.1, 0.15) is 5.56 Å². The van der Waals surface area contributed by atoms with Gasteiger partial charge < -0.3 is 14.4 Å². The van der Waals surface area contributed by atoms with Crippen LogP contribution in [0.15, 0.2) is 36.4 Å². The summed E-state index contributed by atoms with van der Waals surface area (Å²) in [5.74, 6) is -0.587. The number of hydrogen-bond acceptors (Lipinski definition) is 4. The summed E-state index contributed by atoms with van der Waals surface area (Å²) < 4.78 is 37.4. The van der Waals surface area contributed by atoms with Gasteiger partial charge in [-0.2, -0.15) is 0 Å². The standard InChI is InChI=1S/C18H16F2N2O3S/c1-24-15-6-5-13(8-16(15)25-2)22-17(23)10-21(18(22)26)9-11-3-4-12(19)7-14(11)20/h3-8H,9-10H2,1-2H3. The highest BCUT2D eigenvalue weighted by atomic mass is 32.1. The third kappa shape index (κ3) is 3.32. The summed E-state index contributed by atoms with van der Waals surface area (Å²) in [6.07, 6.45) is 0. The number of carbonyl (C=O) groups is 1. The van der Waals surface area contributed by atoms with Crippen LogP contribution in [-0.2, 0) is 11.3 Å². The molecule has 0 unspecified atom stereocenters. The van der Waals surface area contributed by atoms with E-state index in [1.54, 1.807) is 23.1 Å². The Hall–Kier alpha value is -2.74. The molecule has 8 heteroatoms. The lowest BCUT2D eigenvalue weighted by Crippen LogP contribution is -2.32. The van der Waals surface area contributed by atoms with Crippen molar-refractivity contribution in [3.63, 3.8) is 0 Å². The highest BCUT2D eigenvalue weighted by Gasteiger charge is 2.34. The van der Waals surface area contributed by atoms with E-state index in [4.69, 9.17) is 21.7 Å². The van der Waals surface area contributed by atoms with Crippen LogP contribution in [0.5, 0.6) is 11.5 Å². The van der Waals surface area contributed by atoms with Crippen molar-refractivity contribution >= 4 is 28.9 Å². The second-order valence-corrected chi connectivity index (χ2v) is 6.01. The number of methoxy groups -OCH3 is 2. The monoisotopic (exact) mass is 378 g/mol. The van der Waals surface area contributed by atoms with Gasteiger partial charge in [0.1, 0.15) is 18.2 Å². The minimum Gasteiger partial charge on any atom is -0.493 e. The van der Waals surface area contributed by atoms with Gasteiger partial charge in [-0.3, -0.25) is 9.69 Å². The maximum Gasteiger partial charge on any atom is 0.252 e. The van der Waals surface area contributed by atoms with Crippen molar-refractivity contribution in [2.45, 2.75) is 6.54 Å². The molecule has 3 rings (SSSR count). The molecule has 0 aromatic heterocycles. The number of amides is 1. The van der Waals surface area contributed by atoms with Crippen LogP contribution in [-0.4, -0.2) is 36.7 Å². The zero-order valence-corrected chi connectivity index (χ0v) is 15.0. The van der Waals surface area contributed by atoms with Crippen LogP contribution < -0.4 is 14.4 Å². The second kappa shape index (κ2) is 7.25. The van der Waals surface area contributed by atoms with Crippen molar-refractivity contribution in [2.75, 3.05) is 25.7 Å². The van der Waals surface area contributed by atoms with Crippen LogP contribution >= 0.6 is 12.2 Å². The Bertz CT molecular complexity index is 876. The van der Waals surface area contributed by atoms with Gasteiger partial charge >= 0.3 is 0 Å². The lowest BCUT2D eigenvalue weighted by atomic mass is 10.2. The maximum absolute atomic E-state index is 13.9. The first-order valence-corrected chi connectivity index (χ1v) is 8.13. The summed E-state index contributed by atoms with van der Waals surface area (Å²) in [4.78, 5) is 15.4. The number of hydrogen-bond donors (Lipinski definition) is 0. The third-order valence-corrected chi connectivity index (χ3v) is 4.48. The molecule has 1 heterocycles. The lowest BCUT2D eigenvalue weighted by Gasteiger charge is -2.21. The first-order chi connectivity index (χ1) is 12.4. The van der Waals surface area contributed by atoms with Gasteiger partial charge in [-0.1, -0.05) is 6.07 Å². The molecule has 0 spiro atoms. The average molecular weight is 378 g/mol. The summed E-state index contributed by atoms with van der Waals surface area (Å²) in [6.45, 7) is 0.0739. The summed E-state index contributed by atoms with van der Waals surface area (Å²) >= 11 is 5.39.